The Kier molecular flexibility index (Phi) is 10.4. The Bertz CT molecular complexity index is 1310. The zero-order valence-electron chi connectivity index (χ0n) is 29.0. The van der Waals surface area contributed by atoms with Crippen LogP contribution in [0.15, 0.2) is 0 Å². The molecule has 8 bridgehead atoms. The molecule has 276 valence electrons. The highest BCUT2D eigenvalue weighted by molar-refractivity contribution is 7.91. The van der Waals surface area contributed by atoms with Crippen LogP contribution >= 0.6 is 0 Å². The lowest BCUT2D eigenvalue weighted by Gasteiger charge is -2.56. The third-order valence-corrected chi connectivity index (χ3v) is 17.8. The molecule has 12 heteroatoms. The number of piperidine rings is 2. The molecule has 2 aliphatic heterocycles. The summed E-state index contributed by atoms with van der Waals surface area (Å²) in [6.45, 7) is 8.54. The van der Waals surface area contributed by atoms with Gasteiger partial charge in [0.05, 0.1) is 9.49 Å². The van der Waals surface area contributed by atoms with Crippen LogP contribution in [0.25, 0.3) is 0 Å². The predicted octanol–water partition coefficient (Wildman–Crippen LogP) is 5.54. The number of carbonyl (C=O) groups excluding carboxylic acids is 1. The van der Waals surface area contributed by atoms with E-state index in [1.807, 2.05) is 20.8 Å². The van der Waals surface area contributed by atoms with E-state index in [1.165, 1.54) is 38.5 Å². The lowest BCUT2D eigenvalue weighted by molar-refractivity contribution is 0.0199. The Balaban J connectivity index is 0.000000170. The second kappa shape index (κ2) is 13.6. The Morgan fingerprint density at radius 1 is 0.646 bits per heavy atom. The predicted molar refractivity (Wildman–Crippen MR) is 189 cm³/mol. The Morgan fingerprint density at radius 2 is 0.979 bits per heavy atom. The fourth-order valence-corrected chi connectivity index (χ4v) is 16.4. The molecule has 8 aliphatic carbocycles. The van der Waals surface area contributed by atoms with E-state index in [4.69, 9.17) is 4.74 Å². The molecule has 3 N–H and O–H groups in total. The molecule has 10 fully saturated rings. The van der Waals surface area contributed by atoms with Crippen LogP contribution in [-0.4, -0.2) is 81.2 Å². The van der Waals surface area contributed by atoms with Crippen molar-refractivity contribution >= 4 is 26.1 Å². The van der Waals surface area contributed by atoms with Crippen molar-refractivity contribution in [2.75, 3.05) is 26.2 Å². The molecule has 0 radical (unpaired) electrons. The lowest BCUT2D eigenvalue weighted by Crippen LogP contribution is -2.60. The summed E-state index contributed by atoms with van der Waals surface area (Å²) in [4.78, 5) is 13.9. The van der Waals surface area contributed by atoms with Crippen molar-refractivity contribution < 1.29 is 26.4 Å². The number of amides is 1. The van der Waals surface area contributed by atoms with Gasteiger partial charge in [-0.3, -0.25) is 0 Å². The molecule has 10 nitrogen and oxygen atoms in total. The molecule has 10 rings (SSSR count). The number of sulfonamides is 2. The Labute approximate surface area is 291 Å². The number of rotatable bonds is 6. The van der Waals surface area contributed by atoms with Crippen LogP contribution in [0.3, 0.4) is 0 Å². The molecule has 0 aromatic heterocycles. The lowest BCUT2D eigenvalue weighted by atomic mass is 9.56. The van der Waals surface area contributed by atoms with Gasteiger partial charge in [0.1, 0.15) is 5.60 Å². The summed E-state index contributed by atoms with van der Waals surface area (Å²) in [5.74, 6) is 3.90. The molecule has 48 heavy (non-hydrogen) atoms. The van der Waals surface area contributed by atoms with Crippen molar-refractivity contribution in [3.05, 3.63) is 0 Å². The Morgan fingerprint density at radius 3 is 1.31 bits per heavy atom. The van der Waals surface area contributed by atoms with Gasteiger partial charge in [0.15, 0.2) is 0 Å². The summed E-state index contributed by atoms with van der Waals surface area (Å²) in [5.41, 5.74) is -0.506. The number of nitrogens with zero attached hydrogens (tertiary/aromatic N) is 1. The summed E-state index contributed by atoms with van der Waals surface area (Å²) in [6, 6.07) is 0.0935. The first kappa shape index (κ1) is 36.8. The third kappa shape index (κ3) is 7.49. The minimum Gasteiger partial charge on any atom is -0.444 e. The van der Waals surface area contributed by atoms with E-state index < -0.39 is 35.1 Å². The monoisotopic (exact) mass is 712 g/mol. The van der Waals surface area contributed by atoms with Crippen molar-refractivity contribution in [3.63, 3.8) is 0 Å². The fraction of sp³-hybridized carbons (Fsp3) is 0.972. The topological polar surface area (TPSA) is 134 Å². The summed E-state index contributed by atoms with van der Waals surface area (Å²) in [5, 5.41) is 3.30. The average Bonchev–Trinajstić information content (AvgIpc) is 2.96. The van der Waals surface area contributed by atoms with E-state index in [0.29, 0.717) is 61.4 Å². The van der Waals surface area contributed by atoms with Gasteiger partial charge in [-0.15, -0.1) is 0 Å². The number of hydrogen-bond donors (Lipinski definition) is 3. The van der Waals surface area contributed by atoms with Crippen LogP contribution in [0.2, 0.25) is 0 Å². The van der Waals surface area contributed by atoms with E-state index in [0.717, 1.165) is 64.5 Å². The number of nitrogens with one attached hydrogen (secondary N) is 3. The average molecular weight is 713 g/mol. The van der Waals surface area contributed by atoms with E-state index in [2.05, 4.69) is 14.8 Å². The van der Waals surface area contributed by atoms with Crippen LogP contribution in [0.5, 0.6) is 0 Å². The molecular weight excluding hydrogens is 649 g/mol. The van der Waals surface area contributed by atoms with E-state index in [1.54, 1.807) is 4.90 Å². The van der Waals surface area contributed by atoms with Gasteiger partial charge >= 0.3 is 6.09 Å². The summed E-state index contributed by atoms with van der Waals surface area (Å²) in [6.07, 6.45) is 15.8. The maximum Gasteiger partial charge on any atom is 0.410 e. The standard InChI is InChI=1S/C20H34N2O4S.C15H26N2O2S.CH4/c1-19(2,3)26-18(23)22-6-4-17(5-7-22)21-27(24,25)20-11-14-8-15(12-20)10-16(9-14)13-20;18-20(19,17-14-1-3-16-4-2-14)15-8-11-5-12(9-15)7-13(6-11)10-15;/h14-17,21H,4-13H2,1-3H3;11-14,16-17H,1-10H2;1H4. The molecule has 0 unspecified atom stereocenters. The zero-order valence-corrected chi connectivity index (χ0v) is 30.6. The molecule has 0 atom stereocenters. The van der Waals surface area contributed by atoms with Gasteiger partial charge in [-0.1, -0.05) is 7.43 Å². The van der Waals surface area contributed by atoms with E-state index in [9.17, 15) is 21.6 Å². The van der Waals surface area contributed by atoms with Crippen LogP contribution in [-0.2, 0) is 24.8 Å². The van der Waals surface area contributed by atoms with Crippen LogP contribution in [0.1, 0.15) is 131 Å². The van der Waals surface area contributed by atoms with Crippen LogP contribution in [0, 0.1) is 35.5 Å². The molecule has 0 aromatic carbocycles. The minimum absolute atomic E-state index is 0. The highest BCUT2D eigenvalue weighted by atomic mass is 32.2. The maximum atomic E-state index is 13.3. The SMILES string of the molecule is C.CC(C)(C)OC(=O)N1CCC(NS(=O)(=O)C23CC4CC(CC(C4)C2)C3)CC1.O=S(=O)(NC1CCNCC1)C12CC3CC(CC(C3)C1)C2. The van der Waals surface area contributed by atoms with Crippen molar-refractivity contribution in [1.82, 2.24) is 19.7 Å². The van der Waals surface area contributed by atoms with E-state index in [-0.39, 0.29) is 25.6 Å². The first-order valence-corrected chi connectivity index (χ1v) is 21.8. The van der Waals surface area contributed by atoms with Gasteiger partial charge in [-0.25, -0.2) is 31.1 Å². The molecule has 2 heterocycles. The zero-order chi connectivity index (χ0) is 33.2. The number of ether oxygens (including phenoxy) is 1. The number of hydrogen-bond acceptors (Lipinski definition) is 7. The molecule has 0 spiro atoms. The second-order valence-electron chi connectivity index (χ2n) is 18.2. The minimum atomic E-state index is -3.33. The van der Waals surface area contributed by atoms with Crippen molar-refractivity contribution in [1.29, 1.82) is 0 Å². The normalized spacial score (nSPS) is 39.4. The largest absolute Gasteiger partial charge is 0.444 e. The molecular formula is C36H64N4O6S2. The van der Waals surface area contributed by atoms with Gasteiger partial charge in [0, 0.05) is 25.2 Å². The first-order chi connectivity index (χ1) is 22.1. The van der Waals surface area contributed by atoms with Gasteiger partial charge in [0.25, 0.3) is 0 Å². The smallest absolute Gasteiger partial charge is 0.410 e. The maximum absolute atomic E-state index is 13.3. The van der Waals surface area contributed by atoms with Gasteiger partial charge < -0.3 is 15.0 Å². The molecule has 2 saturated heterocycles. The fourth-order valence-electron chi connectivity index (χ4n) is 11.9. The van der Waals surface area contributed by atoms with Gasteiger partial charge in [0.2, 0.25) is 20.0 Å². The third-order valence-electron chi connectivity index (χ3n) is 13.2. The molecule has 8 saturated carbocycles. The summed E-state index contributed by atoms with van der Waals surface area (Å²) in [7, 11) is -6.49. The van der Waals surface area contributed by atoms with Crippen LogP contribution < -0.4 is 14.8 Å². The van der Waals surface area contributed by atoms with Crippen LogP contribution in [0.4, 0.5) is 4.79 Å². The number of carbonyl (C=O) groups is 1. The molecule has 10 aliphatic rings. The van der Waals surface area contributed by atoms with Crippen molar-refractivity contribution in [2.45, 2.75) is 158 Å². The van der Waals surface area contributed by atoms with Gasteiger partial charge in [-0.05, 0) is 172 Å². The second-order valence-corrected chi connectivity index (χ2v) is 22.4. The van der Waals surface area contributed by atoms with Crippen molar-refractivity contribution in [2.24, 2.45) is 35.5 Å². The van der Waals surface area contributed by atoms with Crippen molar-refractivity contribution in [3.8, 4) is 0 Å². The van der Waals surface area contributed by atoms with E-state index >= 15 is 0 Å². The Hall–Kier alpha value is -0.950. The van der Waals surface area contributed by atoms with Gasteiger partial charge in [-0.2, -0.15) is 0 Å². The molecule has 0 aromatic rings. The summed E-state index contributed by atoms with van der Waals surface area (Å²) < 4.78 is 63.4. The first-order valence-electron chi connectivity index (χ1n) is 18.8. The molecule has 1 amide bonds. The highest BCUT2D eigenvalue weighted by Gasteiger charge is 2.59. The number of likely N-dealkylation sites (tertiary alicyclic amines) is 1. The highest BCUT2D eigenvalue weighted by Crippen LogP contribution is 2.59. The summed E-state index contributed by atoms with van der Waals surface area (Å²) >= 11 is 0. The quantitative estimate of drug-likeness (QED) is 0.330.